The Hall–Kier alpha value is -3.14. The van der Waals surface area contributed by atoms with E-state index in [1.54, 1.807) is 0 Å². The number of hydrogen-bond donors (Lipinski definition) is 4. The minimum absolute atomic E-state index is 0.0720. The van der Waals surface area contributed by atoms with Crippen LogP contribution in [-0.4, -0.2) is 55.1 Å². The van der Waals surface area contributed by atoms with Crippen molar-refractivity contribution in [3.05, 3.63) is 30.1 Å². The van der Waals surface area contributed by atoms with Crippen LogP contribution in [0.1, 0.15) is 63.0 Å². The number of fused-ring (bicyclic) bond motifs is 1. The van der Waals surface area contributed by atoms with Crippen molar-refractivity contribution in [1.82, 2.24) is 29.9 Å². The van der Waals surface area contributed by atoms with Crippen molar-refractivity contribution in [2.45, 2.75) is 75.4 Å². The highest BCUT2D eigenvalue weighted by Crippen LogP contribution is 2.39. The normalized spacial score (nSPS) is 25.5. The number of hydrogen-bond acceptors (Lipinski definition) is 7. The fourth-order valence-corrected chi connectivity index (χ4v) is 5.09. The number of H-pyrrole nitrogens is 1. The molecule has 1 amide bonds. The van der Waals surface area contributed by atoms with Crippen molar-refractivity contribution in [3.63, 3.8) is 0 Å². The Balaban J connectivity index is 1.23. The summed E-state index contributed by atoms with van der Waals surface area (Å²) in [6.45, 7) is 0.762. The van der Waals surface area contributed by atoms with Gasteiger partial charge in [-0.1, -0.05) is 0 Å². The molecule has 10 heteroatoms. The first-order valence-electron chi connectivity index (χ1n) is 12.1. The lowest BCUT2D eigenvalue weighted by atomic mass is 9.91. The van der Waals surface area contributed by atoms with E-state index in [-0.39, 0.29) is 24.0 Å². The summed E-state index contributed by atoms with van der Waals surface area (Å²) in [6.07, 6.45) is 9.95. The molecule has 174 valence electrons. The smallest absolute Gasteiger partial charge is 0.243 e. The Morgan fingerprint density at radius 1 is 1.12 bits per heavy atom. The predicted molar refractivity (Wildman–Crippen MR) is 126 cm³/mol. The van der Waals surface area contributed by atoms with Gasteiger partial charge in [0.05, 0.1) is 0 Å². The molecule has 0 spiro atoms. The SMILES string of the molecule is NC1CCC(NC(=O)[C@@H]2CCCN2c2nc(Nc3cc(C4CC4)[nH]n3)n3cccc3n2)CC1. The molecule has 3 aliphatic rings. The van der Waals surface area contributed by atoms with Crippen LogP contribution in [0.5, 0.6) is 0 Å². The molecule has 0 aromatic carbocycles. The summed E-state index contributed by atoms with van der Waals surface area (Å²) in [5, 5.41) is 14.1. The molecule has 33 heavy (non-hydrogen) atoms. The van der Waals surface area contributed by atoms with Crippen molar-refractivity contribution in [2.24, 2.45) is 5.73 Å². The fourth-order valence-electron chi connectivity index (χ4n) is 5.09. The van der Waals surface area contributed by atoms with Crippen LogP contribution in [0, 0.1) is 0 Å². The third-order valence-corrected chi connectivity index (χ3v) is 7.16. The Morgan fingerprint density at radius 2 is 1.97 bits per heavy atom. The van der Waals surface area contributed by atoms with Crippen molar-refractivity contribution < 1.29 is 4.79 Å². The number of carbonyl (C=O) groups excluding carboxylic acids is 1. The number of nitrogens with zero attached hydrogens (tertiary/aromatic N) is 5. The average Bonchev–Trinajstić information content (AvgIpc) is 3.20. The monoisotopic (exact) mass is 449 g/mol. The maximum absolute atomic E-state index is 13.2. The number of nitrogens with one attached hydrogen (secondary N) is 3. The van der Waals surface area contributed by atoms with Gasteiger partial charge in [-0.15, -0.1) is 0 Å². The van der Waals surface area contributed by atoms with Gasteiger partial charge in [-0.05, 0) is 63.5 Å². The number of carbonyl (C=O) groups is 1. The molecule has 3 aromatic heterocycles. The molecule has 2 aliphatic carbocycles. The molecule has 1 saturated heterocycles. The lowest BCUT2D eigenvalue weighted by molar-refractivity contribution is -0.123. The van der Waals surface area contributed by atoms with Crippen molar-refractivity contribution in [3.8, 4) is 0 Å². The van der Waals surface area contributed by atoms with E-state index in [4.69, 9.17) is 15.7 Å². The maximum Gasteiger partial charge on any atom is 0.243 e. The number of nitrogens with two attached hydrogens (primary N) is 1. The molecular weight excluding hydrogens is 418 g/mol. The van der Waals surface area contributed by atoms with Crippen LogP contribution in [0.25, 0.3) is 5.65 Å². The molecule has 1 aliphatic heterocycles. The number of rotatable bonds is 6. The third-order valence-electron chi connectivity index (χ3n) is 7.16. The summed E-state index contributed by atoms with van der Waals surface area (Å²) in [5.74, 6) is 2.63. The first kappa shape index (κ1) is 20.5. The standard InChI is InChI=1S/C23H31N9O/c24-15-7-9-16(10-8-15)25-21(33)18-3-1-11-31(18)23-27-20-4-2-12-32(20)22(28-23)26-19-13-17(29-30-19)14-5-6-14/h2,4,12-16,18H,1,3,5-11,24H2,(H,25,33)(H2,26,27,28,29,30)/t15?,16?,18-/m0/s1. The molecule has 4 heterocycles. The van der Waals surface area contributed by atoms with Crippen LogP contribution in [0.15, 0.2) is 24.4 Å². The molecule has 0 radical (unpaired) electrons. The zero-order valence-corrected chi connectivity index (χ0v) is 18.7. The van der Waals surface area contributed by atoms with E-state index in [1.165, 1.54) is 12.8 Å². The topological polar surface area (TPSA) is 129 Å². The lowest BCUT2D eigenvalue weighted by Gasteiger charge is -2.30. The van der Waals surface area contributed by atoms with E-state index in [2.05, 4.69) is 26.9 Å². The van der Waals surface area contributed by atoms with Crippen LogP contribution in [0.3, 0.4) is 0 Å². The molecule has 10 nitrogen and oxygen atoms in total. The van der Waals surface area contributed by atoms with Gasteiger partial charge in [0.15, 0.2) is 5.82 Å². The maximum atomic E-state index is 13.2. The van der Waals surface area contributed by atoms with E-state index in [9.17, 15) is 4.79 Å². The summed E-state index contributed by atoms with van der Waals surface area (Å²) in [7, 11) is 0. The van der Waals surface area contributed by atoms with Gasteiger partial charge in [0.2, 0.25) is 17.8 Å². The van der Waals surface area contributed by atoms with Gasteiger partial charge >= 0.3 is 0 Å². The average molecular weight is 450 g/mol. The lowest BCUT2D eigenvalue weighted by Crippen LogP contribution is -2.49. The Morgan fingerprint density at radius 3 is 2.79 bits per heavy atom. The molecule has 5 N–H and O–H groups in total. The van der Waals surface area contributed by atoms with Gasteiger partial charge in [0.1, 0.15) is 11.7 Å². The summed E-state index contributed by atoms with van der Waals surface area (Å²) >= 11 is 0. The number of aromatic nitrogens is 5. The van der Waals surface area contributed by atoms with E-state index in [0.29, 0.717) is 17.8 Å². The zero-order chi connectivity index (χ0) is 22.4. The Bertz CT molecular complexity index is 1140. The van der Waals surface area contributed by atoms with E-state index < -0.39 is 0 Å². The minimum atomic E-state index is -0.252. The molecule has 3 fully saturated rings. The Labute approximate surface area is 192 Å². The highest BCUT2D eigenvalue weighted by molar-refractivity contribution is 5.85. The predicted octanol–water partition coefficient (Wildman–Crippen LogP) is 2.43. The number of amides is 1. The summed E-state index contributed by atoms with van der Waals surface area (Å²) in [5.41, 5.74) is 7.97. The molecule has 1 atom stereocenters. The molecular formula is C23H31N9O. The highest BCUT2D eigenvalue weighted by Gasteiger charge is 2.34. The molecule has 2 saturated carbocycles. The van der Waals surface area contributed by atoms with E-state index in [1.807, 2.05) is 27.6 Å². The van der Waals surface area contributed by atoms with E-state index >= 15 is 0 Å². The fraction of sp³-hybridized carbons (Fsp3) is 0.565. The van der Waals surface area contributed by atoms with Gasteiger partial charge in [0.25, 0.3) is 0 Å². The molecule has 6 rings (SSSR count). The van der Waals surface area contributed by atoms with Crippen molar-refractivity contribution >= 4 is 29.3 Å². The van der Waals surface area contributed by atoms with Crippen molar-refractivity contribution in [1.29, 1.82) is 0 Å². The number of aromatic amines is 1. The highest BCUT2D eigenvalue weighted by atomic mass is 16.2. The van der Waals surface area contributed by atoms with Crippen molar-refractivity contribution in [2.75, 3.05) is 16.8 Å². The molecule has 0 bridgehead atoms. The van der Waals surface area contributed by atoms with Crippen LogP contribution in [-0.2, 0) is 4.79 Å². The first-order chi connectivity index (χ1) is 16.1. The summed E-state index contributed by atoms with van der Waals surface area (Å²) < 4.78 is 1.91. The molecule has 3 aromatic rings. The van der Waals surface area contributed by atoms with Gasteiger partial charge in [-0.25, -0.2) is 0 Å². The zero-order valence-electron chi connectivity index (χ0n) is 18.7. The van der Waals surface area contributed by atoms with Gasteiger partial charge in [-0.3, -0.25) is 14.3 Å². The Kier molecular flexibility index (Phi) is 5.17. The first-order valence-corrected chi connectivity index (χ1v) is 12.1. The van der Waals surface area contributed by atoms with E-state index in [0.717, 1.165) is 62.2 Å². The second-order valence-corrected chi connectivity index (χ2v) is 9.66. The van der Waals surface area contributed by atoms with Crippen LogP contribution >= 0.6 is 0 Å². The summed E-state index contributed by atoms with van der Waals surface area (Å²) in [6, 6.07) is 6.18. The largest absolute Gasteiger partial charge is 0.352 e. The summed E-state index contributed by atoms with van der Waals surface area (Å²) in [4.78, 5) is 24.8. The number of anilines is 3. The van der Waals surface area contributed by atoms with Gasteiger partial charge < -0.3 is 21.3 Å². The van der Waals surface area contributed by atoms with Crippen LogP contribution < -0.4 is 21.3 Å². The minimum Gasteiger partial charge on any atom is -0.352 e. The quantitative estimate of drug-likeness (QED) is 0.455. The van der Waals surface area contributed by atoms with Gasteiger partial charge in [-0.2, -0.15) is 15.1 Å². The second-order valence-electron chi connectivity index (χ2n) is 9.66. The molecule has 0 unspecified atom stereocenters. The van der Waals surface area contributed by atoms with Crippen LogP contribution in [0.2, 0.25) is 0 Å². The van der Waals surface area contributed by atoms with Crippen LogP contribution in [0.4, 0.5) is 17.7 Å². The third kappa shape index (κ3) is 4.15. The second kappa shape index (κ2) is 8.33. The van der Waals surface area contributed by atoms with Gasteiger partial charge in [0, 0.05) is 42.5 Å².